The Morgan fingerprint density at radius 1 is 0.600 bits per heavy atom. The Balaban J connectivity index is 3.39. The molecule has 0 heterocycles. The first-order valence-electron chi connectivity index (χ1n) is 4.75. The van der Waals surface area contributed by atoms with Gasteiger partial charge in [0.25, 0.3) is 5.60 Å². The van der Waals surface area contributed by atoms with Gasteiger partial charge in [-0.1, -0.05) is 12.1 Å². The Bertz CT molecular complexity index is 451. The molecule has 1 aromatic carbocycles. The number of hydrogen-bond donors (Lipinski definition) is 1. The van der Waals surface area contributed by atoms with Crippen LogP contribution in [-0.4, -0.2) is 17.5 Å². The van der Waals surface area contributed by atoms with E-state index in [9.17, 15) is 39.5 Å². The Morgan fingerprint density at radius 3 is 1.15 bits per heavy atom. The van der Waals surface area contributed by atoms with Crippen molar-refractivity contribution in [2.45, 2.75) is 24.1 Å². The molecule has 0 fully saturated rings. The molecule has 0 atom stereocenters. The van der Waals surface area contributed by atoms with Gasteiger partial charge in [0.2, 0.25) is 0 Å². The van der Waals surface area contributed by atoms with E-state index >= 15 is 0 Å². The van der Waals surface area contributed by atoms with Crippen molar-refractivity contribution in [3.8, 4) is 0 Å². The molecule has 1 nitrogen and oxygen atoms in total. The third-order valence-corrected chi connectivity index (χ3v) is 2.45. The van der Waals surface area contributed by atoms with Crippen LogP contribution in [0.3, 0.4) is 0 Å². The van der Waals surface area contributed by atoms with Crippen molar-refractivity contribution in [1.29, 1.82) is 0 Å². The Labute approximate surface area is 105 Å². The number of alkyl halides is 9. The number of aliphatic hydroxyl groups is 1. The molecule has 0 saturated heterocycles. The minimum Gasteiger partial charge on any atom is -0.369 e. The summed E-state index contributed by atoms with van der Waals surface area (Å²) in [6.45, 7) is 0. The van der Waals surface area contributed by atoms with Crippen LogP contribution in [0.1, 0.15) is 11.1 Å². The highest BCUT2D eigenvalue weighted by atomic mass is 19.4. The fraction of sp³-hybridized carbons (Fsp3) is 0.400. The Morgan fingerprint density at radius 2 is 0.900 bits per heavy atom. The van der Waals surface area contributed by atoms with E-state index in [1.807, 2.05) is 0 Å². The summed E-state index contributed by atoms with van der Waals surface area (Å²) < 4.78 is 111. The first-order valence-corrected chi connectivity index (χ1v) is 4.75. The van der Waals surface area contributed by atoms with E-state index in [-0.39, 0.29) is 24.3 Å². The molecule has 1 rings (SSSR count). The second-order valence-corrected chi connectivity index (χ2v) is 3.78. The van der Waals surface area contributed by atoms with E-state index in [1.54, 1.807) is 0 Å². The zero-order valence-electron chi connectivity index (χ0n) is 9.16. The van der Waals surface area contributed by atoms with Gasteiger partial charge >= 0.3 is 18.5 Å². The highest BCUT2D eigenvalue weighted by molar-refractivity contribution is 5.31. The van der Waals surface area contributed by atoms with Crippen LogP contribution in [0.2, 0.25) is 0 Å². The smallest absolute Gasteiger partial charge is 0.369 e. The molecular formula is C10H5F9O. The molecule has 0 aliphatic carbocycles. The van der Waals surface area contributed by atoms with E-state index < -0.39 is 35.3 Å². The Hall–Kier alpha value is -1.45. The molecule has 0 bridgehead atoms. The van der Waals surface area contributed by atoms with Crippen molar-refractivity contribution >= 4 is 0 Å². The minimum atomic E-state index is -6.13. The fourth-order valence-electron chi connectivity index (χ4n) is 1.39. The number of hydrogen-bond acceptors (Lipinski definition) is 1. The van der Waals surface area contributed by atoms with Crippen molar-refractivity contribution in [1.82, 2.24) is 0 Å². The predicted molar refractivity (Wildman–Crippen MR) is 47.5 cm³/mol. The number of benzene rings is 1. The summed E-state index contributed by atoms with van der Waals surface area (Å²) in [6, 6.07) is -0.0802. The van der Waals surface area contributed by atoms with Gasteiger partial charge in [0.1, 0.15) is 0 Å². The first kappa shape index (κ1) is 16.6. The quantitative estimate of drug-likeness (QED) is 0.777. The van der Waals surface area contributed by atoms with Gasteiger partial charge in [-0.2, -0.15) is 39.5 Å². The molecule has 1 aromatic rings. The molecule has 0 unspecified atom stereocenters. The second kappa shape index (κ2) is 4.54. The SMILES string of the molecule is OC(c1ccc(C(F)(F)F)cc1)(C(F)(F)F)C(F)(F)F. The zero-order valence-corrected chi connectivity index (χ0v) is 9.16. The topological polar surface area (TPSA) is 20.2 Å². The van der Waals surface area contributed by atoms with Gasteiger partial charge in [-0.15, -0.1) is 0 Å². The van der Waals surface area contributed by atoms with Gasteiger partial charge in [-0.3, -0.25) is 0 Å². The zero-order chi connectivity index (χ0) is 16.0. The van der Waals surface area contributed by atoms with Crippen molar-refractivity contribution in [3.05, 3.63) is 35.4 Å². The minimum absolute atomic E-state index is 0.0256. The van der Waals surface area contributed by atoms with Crippen LogP contribution in [0, 0.1) is 0 Å². The normalized spacial score (nSPS) is 14.5. The molecule has 0 saturated carbocycles. The molecule has 10 heteroatoms. The monoisotopic (exact) mass is 312 g/mol. The summed E-state index contributed by atoms with van der Waals surface area (Å²) in [7, 11) is 0. The van der Waals surface area contributed by atoms with Gasteiger partial charge in [-0.05, 0) is 12.1 Å². The van der Waals surface area contributed by atoms with Gasteiger partial charge in [-0.25, -0.2) is 0 Å². The summed E-state index contributed by atoms with van der Waals surface area (Å²) in [6.07, 6.45) is -17.2. The van der Waals surface area contributed by atoms with Crippen LogP contribution in [0.5, 0.6) is 0 Å². The standard InChI is InChI=1S/C10H5F9O/c11-8(12,13)6-3-1-5(2-4-6)7(20,9(14,15)16)10(17,18)19/h1-4,20H. The van der Waals surface area contributed by atoms with Crippen LogP contribution in [-0.2, 0) is 11.8 Å². The lowest BCUT2D eigenvalue weighted by Crippen LogP contribution is -2.53. The maximum absolute atomic E-state index is 12.4. The average molecular weight is 312 g/mol. The van der Waals surface area contributed by atoms with E-state index in [0.29, 0.717) is 0 Å². The van der Waals surface area contributed by atoms with Gasteiger partial charge in [0.15, 0.2) is 0 Å². The van der Waals surface area contributed by atoms with Crippen LogP contribution >= 0.6 is 0 Å². The van der Waals surface area contributed by atoms with Crippen LogP contribution in [0.25, 0.3) is 0 Å². The van der Waals surface area contributed by atoms with Crippen molar-refractivity contribution in [3.63, 3.8) is 0 Å². The number of halogens is 9. The molecule has 0 aliphatic rings. The van der Waals surface area contributed by atoms with Gasteiger partial charge < -0.3 is 5.11 Å². The summed E-state index contributed by atoms with van der Waals surface area (Å²) in [5.74, 6) is 0. The second-order valence-electron chi connectivity index (χ2n) is 3.78. The summed E-state index contributed by atoms with van der Waals surface area (Å²) in [4.78, 5) is 0. The molecule has 0 amide bonds. The highest BCUT2D eigenvalue weighted by Crippen LogP contribution is 2.50. The molecule has 20 heavy (non-hydrogen) atoms. The molecule has 114 valence electrons. The summed E-state index contributed by atoms with van der Waals surface area (Å²) in [5.41, 5.74) is -8.41. The predicted octanol–water partition coefficient (Wildman–Crippen LogP) is 4.02. The average Bonchev–Trinajstić information content (AvgIpc) is 2.24. The van der Waals surface area contributed by atoms with Crippen LogP contribution in [0.4, 0.5) is 39.5 Å². The number of rotatable bonds is 1. The van der Waals surface area contributed by atoms with E-state index in [1.165, 1.54) is 0 Å². The van der Waals surface area contributed by atoms with Gasteiger partial charge in [0, 0.05) is 5.56 Å². The molecule has 1 N–H and O–H groups in total. The highest BCUT2D eigenvalue weighted by Gasteiger charge is 2.71. The lowest BCUT2D eigenvalue weighted by Gasteiger charge is -2.32. The van der Waals surface area contributed by atoms with E-state index in [4.69, 9.17) is 5.11 Å². The van der Waals surface area contributed by atoms with Gasteiger partial charge in [0.05, 0.1) is 5.56 Å². The van der Waals surface area contributed by atoms with Crippen molar-refractivity contribution < 1.29 is 44.6 Å². The lowest BCUT2D eigenvalue weighted by atomic mass is 9.91. The first-order chi connectivity index (χ1) is 8.71. The fourth-order valence-corrected chi connectivity index (χ4v) is 1.39. The molecule has 0 aromatic heterocycles. The molecular weight excluding hydrogens is 307 g/mol. The lowest BCUT2D eigenvalue weighted by molar-refractivity contribution is -0.376. The molecule has 0 spiro atoms. The van der Waals surface area contributed by atoms with E-state index in [0.717, 1.165) is 0 Å². The van der Waals surface area contributed by atoms with Crippen LogP contribution < -0.4 is 0 Å². The van der Waals surface area contributed by atoms with Crippen molar-refractivity contribution in [2.24, 2.45) is 0 Å². The Kier molecular flexibility index (Phi) is 3.77. The third-order valence-electron chi connectivity index (χ3n) is 2.45. The maximum Gasteiger partial charge on any atom is 0.430 e. The van der Waals surface area contributed by atoms with Crippen LogP contribution in [0.15, 0.2) is 24.3 Å². The maximum atomic E-state index is 12.4. The summed E-state index contributed by atoms with van der Waals surface area (Å²) in [5, 5.41) is 8.92. The largest absolute Gasteiger partial charge is 0.430 e. The van der Waals surface area contributed by atoms with E-state index in [2.05, 4.69) is 0 Å². The third kappa shape index (κ3) is 2.69. The van der Waals surface area contributed by atoms with Crippen molar-refractivity contribution in [2.75, 3.05) is 0 Å². The summed E-state index contributed by atoms with van der Waals surface area (Å²) >= 11 is 0. The molecule has 0 aliphatic heterocycles. The molecule has 0 radical (unpaired) electrons.